The van der Waals surface area contributed by atoms with Gasteiger partial charge in [0.15, 0.2) is 16.3 Å². The maximum Gasteiger partial charge on any atom is 0.431 e. The van der Waals surface area contributed by atoms with E-state index in [1.807, 2.05) is 29.8 Å². The van der Waals surface area contributed by atoms with Crippen LogP contribution in [0.2, 0.25) is 5.15 Å². The number of hydrogen-bond donors (Lipinski definition) is 2. The molecule has 63 heavy (non-hydrogen) atoms. The van der Waals surface area contributed by atoms with Crippen molar-refractivity contribution in [2.24, 2.45) is 7.05 Å². The Labute approximate surface area is 361 Å². The van der Waals surface area contributed by atoms with Crippen LogP contribution in [-0.2, 0) is 45.8 Å². The number of amides is 2. The summed E-state index contributed by atoms with van der Waals surface area (Å²) in [7, 11) is 0.610. The van der Waals surface area contributed by atoms with E-state index in [4.69, 9.17) is 35.3 Å². The number of rotatable bonds is 13. The number of anilines is 1. The number of pyridine rings is 1. The standard InChI is InChI=1S/C25H25F3N2O6.C14H13ClN6O5S/c1-5-16-6-7-17(20(12-16)36-15(2)23(32)34-4)14-35-19-10-8-18(9-11-19)30-22(31)13-21(25(26,27)28)29(3)24(30)33;1-25-9-7-10(26-2)18-13(17-9)19-14(22)20-27(23,24)12-11(15)16-8-5-3-4-6-21(8)12/h6-13,15H,5,14H2,1-4H3;3-7H,1-2H3,(H2,17,18,19,20,22). The van der Waals surface area contributed by atoms with E-state index in [0.29, 0.717) is 37.9 Å². The molecule has 1 atom stereocenters. The number of sulfonamides is 1. The molecule has 0 spiro atoms. The highest BCUT2D eigenvalue weighted by atomic mass is 35.5. The summed E-state index contributed by atoms with van der Waals surface area (Å²) in [6.45, 7) is 3.63. The van der Waals surface area contributed by atoms with E-state index in [0.717, 1.165) is 19.0 Å². The van der Waals surface area contributed by atoms with Gasteiger partial charge in [-0.25, -0.2) is 28.7 Å². The Morgan fingerprint density at radius 1 is 0.921 bits per heavy atom. The lowest BCUT2D eigenvalue weighted by Gasteiger charge is -2.17. The molecule has 0 aliphatic rings. The van der Waals surface area contributed by atoms with Crippen LogP contribution in [0.3, 0.4) is 0 Å². The molecule has 0 aliphatic heterocycles. The first kappa shape index (κ1) is 46.9. The van der Waals surface area contributed by atoms with Crippen molar-refractivity contribution in [1.29, 1.82) is 0 Å². The van der Waals surface area contributed by atoms with E-state index >= 15 is 0 Å². The van der Waals surface area contributed by atoms with Gasteiger partial charge in [0.05, 0.1) is 33.1 Å². The van der Waals surface area contributed by atoms with Gasteiger partial charge in [-0.15, -0.1) is 0 Å². The van der Waals surface area contributed by atoms with Crippen LogP contribution < -0.4 is 40.2 Å². The van der Waals surface area contributed by atoms with E-state index in [2.05, 4.69) is 20.3 Å². The first-order valence-corrected chi connectivity index (χ1v) is 20.1. The van der Waals surface area contributed by atoms with Crippen LogP contribution in [0.15, 0.2) is 93.6 Å². The zero-order valence-electron chi connectivity index (χ0n) is 34.1. The number of carbonyl (C=O) groups is 2. The Balaban J connectivity index is 0.000000247. The summed E-state index contributed by atoms with van der Waals surface area (Å²) in [6.07, 6.45) is -3.45. The Kier molecular flexibility index (Phi) is 14.7. The molecule has 0 aliphatic carbocycles. The molecule has 2 N–H and O–H groups in total. The number of benzene rings is 2. The van der Waals surface area contributed by atoms with Crippen molar-refractivity contribution in [3.63, 3.8) is 0 Å². The maximum atomic E-state index is 13.1. The monoisotopic (exact) mass is 918 g/mol. The first-order chi connectivity index (χ1) is 29.8. The van der Waals surface area contributed by atoms with E-state index in [1.165, 1.54) is 62.3 Å². The number of nitrogens with zero attached hydrogens (tertiary/aromatic N) is 6. The summed E-state index contributed by atoms with van der Waals surface area (Å²) < 4.78 is 94.6. The van der Waals surface area contributed by atoms with Gasteiger partial charge < -0.3 is 23.7 Å². The maximum absolute atomic E-state index is 13.1. The highest BCUT2D eigenvalue weighted by molar-refractivity contribution is 7.90. The largest absolute Gasteiger partial charge is 0.489 e. The first-order valence-electron chi connectivity index (χ1n) is 18.2. The van der Waals surface area contributed by atoms with Gasteiger partial charge in [0, 0.05) is 24.9 Å². The smallest absolute Gasteiger partial charge is 0.431 e. The topological polar surface area (TPSA) is 226 Å². The number of aromatic nitrogens is 6. The zero-order chi connectivity index (χ0) is 46.2. The summed E-state index contributed by atoms with van der Waals surface area (Å²) >= 11 is 5.93. The van der Waals surface area contributed by atoms with E-state index in [9.17, 15) is 40.8 Å². The SMILES string of the molecule is CCc1ccc(COc2ccc(-n3c(=O)cc(C(F)(F)F)n(C)c3=O)cc2)c(OC(C)C(=O)OC)c1.COc1cc(OC)nc(NC(=O)NS(=O)(=O)c2c(Cl)nc3ccccn23)n1. The lowest BCUT2D eigenvalue weighted by atomic mass is 10.1. The fourth-order valence-corrected chi connectivity index (χ4v) is 7.15. The highest BCUT2D eigenvalue weighted by Crippen LogP contribution is 2.28. The average molecular weight is 919 g/mol. The molecule has 19 nitrogen and oxygen atoms in total. The molecule has 2 aromatic carbocycles. The van der Waals surface area contributed by atoms with Gasteiger partial charge in [-0.1, -0.05) is 36.7 Å². The third-order valence-electron chi connectivity index (χ3n) is 8.73. The van der Waals surface area contributed by atoms with Gasteiger partial charge in [0.2, 0.25) is 17.7 Å². The number of esters is 1. The number of nitrogens with one attached hydrogen (secondary N) is 2. The van der Waals surface area contributed by atoms with Crippen LogP contribution in [-0.4, -0.2) is 76.3 Å². The minimum Gasteiger partial charge on any atom is -0.489 e. The molecule has 334 valence electrons. The minimum atomic E-state index is -4.84. The quantitative estimate of drug-likeness (QED) is 0.146. The molecule has 24 heteroatoms. The second-order valence-corrected chi connectivity index (χ2v) is 14.8. The number of imidazole rings is 1. The molecule has 1 unspecified atom stereocenters. The zero-order valence-corrected chi connectivity index (χ0v) is 35.7. The highest BCUT2D eigenvalue weighted by Gasteiger charge is 2.35. The van der Waals surface area contributed by atoms with Crippen molar-refractivity contribution in [2.75, 3.05) is 26.6 Å². The lowest BCUT2D eigenvalue weighted by Crippen LogP contribution is -2.40. The van der Waals surface area contributed by atoms with Gasteiger partial charge in [0.25, 0.3) is 15.6 Å². The van der Waals surface area contributed by atoms with Crippen LogP contribution in [0.4, 0.5) is 23.9 Å². The molecule has 0 bridgehead atoms. The summed E-state index contributed by atoms with van der Waals surface area (Å²) in [5, 5.41) is 1.54. The number of ether oxygens (including phenoxy) is 5. The van der Waals surface area contributed by atoms with Gasteiger partial charge in [0.1, 0.15) is 29.4 Å². The molecule has 0 fully saturated rings. The number of alkyl halides is 3. The third-order valence-corrected chi connectivity index (χ3v) is 10.5. The van der Waals surface area contributed by atoms with Gasteiger partial charge in [-0.05, 0) is 61.4 Å². The van der Waals surface area contributed by atoms with Crippen LogP contribution in [0.25, 0.3) is 11.3 Å². The lowest BCUT2D eigenvalue weighted by molar-refractivity contribution is -0.148. The van der Waals surface area contributed by atoms with Crippen molar-refractivity contribution in [1.82, 2.24) is 33.2 Å². The molecule has 2 amide bonds. The summed E-state index contributed by atoms with van der Waals surface area (Å²) in [5.74, 6) is 0.326. The van der Waals surface area contributed by atoms with Crippen molar-refractivity contribution in [3.8, 4) is 28.9 Å². The molecule has 0 saturated carbocycles. The number of carbonyl (C=O) groups excluding carboxylic acids is 2. The van der Waals surface area contributed by atoms with Gasteiger partial charge >= 0.3 is 23.9 Å². The molecule has 0 saturated heterocycles. The van der Waals surface area contributed by atoms with E-state index < -0.39 is 51.2 Å². The molecule has 6 rings (SSSR count). The number of urea groups is 1. The molecule has 4 aromatic heterocycles. The van der Waals surface area contributed by atoms with Crippen LogP contribution >= 0.6 is 11.6 Å². The number of methoxy groups -OCH3 is 3. The summed E-state index contributed by atoms with van der Waals surface area (Å²) in [5.41, 5.74) is -1.49. The van der Waals surface area contributed by atoms with E-state index in [-0.39, 0.29) is 40.2 Å². The third kappa shape index (κ3) is 11.2. The molecular weight excluding hydrogens is 881 g/mol. The molecular formula is C39H38ClF3N8O11S. The second kappa shape index (κ2) is 19.7. The molecule has 0 radical (unpaired) electrons. The van der Waals surface area contributed by atoms with Crippen LogP contribution in [0, 0.1) is 0 Å². The van der Waals surface area contributed by atoms with Crippen molar-refractivity contribution >= 4 is 45.2 Å². The Morgan fingerprint density at radius 2 is 1.59 bits per heavy atom. The molecule has 6 aromatic rings. The van der Waals surface area contributed by atoms with Crippen LogP contribution in [0.5, 0.6) is 23.3 Å². The fraction of sp³-hybridized carbons (Fsp3) is 0.256. The normalized spacial score (nSPS) is 11.8. The van der Waals surface area contributed by atoms with Crippen molar-refractivity contribution in [3.05, 3.63) is 122 Å². The second-order valence-electron chi connectivity index (χ2n) is 12.9. The van der Waals surface area contributed by atoms with Gasteiger partial charge in [-0.3, -0.25) is 19.1 Å². The van der Waals surface area contributed by atoms with E-state index in [1.54, 1.807) is 25.1 Å². The summed E-state index contributed by atoms with van der Waals surface area (Å²) in [6, 6.07) is 16.8. The fourth-order valence-electron chi connectivity index (χ4n) is 5.59. The number of fused-ring (bicyclic) bond motifs is 1. The van der Waals surface area contributed by atoms with Crippen LogP contribution in [0.1, 0.15) is 30.7 Å². The Morgan fingerprint density at radius 3 is 2.19 bits per heavy atom. The number of halogens is 4. The average Bonchev–Trinajstić information content (AvgIpc) is 3.60. The van der Waals surface area contributed by atoms with Crippen molar-refractivity contribution in [2.45, 2.75) is 44.2 Å². The molecule has 4 heterocycles. The number of aryl methyl sites for hydroxylation is 1. The predicted octanol–water partition coefficient (Wildman–Crippen LogP) is 4.94. The number of hydrogen-bond acceptors (Lipinski definition) is 14. The Bertz CT molecular complexity index is 2850. The van der Waals surface area contributed by atoms with Crippen molar-refractivity contribution < 1.29 is 54.9 Å². The van der Waals surface area contributed by atoms with Gasteiger partial charge in [-0.2, -0.15) is 31.6 Å². The minimum absolute atomic E-state index is 0.0779. The predicted molar refractivity (Wildman–Crippen MR) is 219 cm³/mol. The Hall–Kier alpha value is -7.14. The summed E-state index contributed by atoms with van der Waals surface area (Å²) in [4.78, 5) is 60.3.